The van der Waals surface area contributed by atoms with Gasteiger partial charge in [0.15, 0.2) is 5.78 Å². The molecule has 0 N–H and O–H groups in total. The van der Waals surface area contributed by atoms with Crippen molar-refractivity contribution in [3.05, 3.63) is 24.3 Å². The van der Waals surface area contributed by atoms with Gasteiger partial charge in [-0.05, 0) is 49.0 Å². The largest absolute Gasteiger partial charge is 0.295 e. The first-order chi connectivity index (χ1) is 7.63. The van der Waals surface area contributed by atoms with Gasteiger partial charge in [0.25, 0.3) is 0 Å². The lowest BCUT2D eigenvalue weighted by atomic mass is 9.85. The summed E-state index contributed by atoms with van der Waals surface area (Å²) >= 11 is 0. The van der Waals surface area contributed by atoms with Crippen LogP contribution in [0.2, 0.25) is 0 Å². The normalized spacial score (nSPS) is 35.6. The van der Waals surface area contributed by atoms with E-state index in [0.29, 0.717) is 11.8 Å². The molecule has 2 rings (SSSR count). The van der Waals surface area contributed by atoms with Crippen molar-refractivity contribution in [2.75, 3.05) is 0 Å². The van der Waals surface area contributed by atoms with E-state index in [1.165, 1.54) is 19.3 Å². The van der Waals surface area contributed by atoms with Crippen molar-refractivity contribution in [2.45, 2.75) is 39.5 Å². The van der Waals surface area contributed by atoms with Crippen molar-refractivity contribution in [2.24, 2.45) is 23.7 Å². The third-order valence-corrected chi connectivity index (χ3v) is 4.29. The molecule has 2 aliphatic rings. The van der Waals surface area contributed by atoms with Crippen LogP contribution in [0.3, 0.4) is 0 Å². The Bertz CT molecular complexity index is 326. The molecule has 1 saturated carbocycles. The van der Waals surface area contributed by atoms with Crippen LogP contribution >= 0.6 is 0 Å². The number of carbonyl (C=O) groups is 1. The van der Waals surface area contributed by atoms with E-state index < -0.39 is 0 Å². The summed E-state index contributed by atoms with van der Waals surface area (Å²) in [6.45, 7) is 7.83. The number of carbonyl (C=O) groups excluding carboxylic acids is 1. The molecule has 2 bridgehead atoms. The molecule has 88 valence electrons. The van der Waals surface area contributed by atoms with E-state index in [-0.39, 0.29) is 5.78 Å². The maximum atomic E-state index is 11.7. The second-order valence-electron chi connectivity index (χ2n) is 5.48. The third-order valence-electron chi connectivity index (χ3n) is 4.29. The Morgan fingerprint density at radius 2 is 2.19 bits per heavy atom. The van der Waals surface area contributed by atoms with E-state index >= 15 is 0 Å². The lowest BCUT2D eigenvalue weighted by Crippen LogP contribution is -2.15. The van der Waals surface area contributed by atoms with Crippen LogP contribution in [-0.4, -0.2) is 5.78 Å². The number of hydrogen-bond donors (Lipinski definition) is 0. The highest BCUT2D eigenvalue weighted by Gasteiger charge is 2.44. The molecular formula is C15H22O. The van der Waals surface area contributed by atoms with Gasteiger partial charge in [0, 0.05) is 6.42 Å². The van der Waals surface area contributed by atoms with E-state index in [0.717, 1.165) is 23.8 Å². The van der Waals surface area contributed by atoms with Crippen molar-refractivity contribution in [3.8, 4) is 0 Å². The zero-order valence-corrected chi connectivity index (χ0v) is 10.4. The van der Waals surface area contributed by atoms with Crippen LogP contribution < -0.4 is 0 Å². The van der Waals surface area contributed by atoms with Gasteiger partial charge in [0.05, 0.1) is 0 Å². The summed E-state index contributed by atoms with van der Waals surface area (Å²) in [4.78, 5) is 11.7. The Labute approximate surface area is 98.6 Å². The topological polar surface area (TPSA) is 17.1 Å². The number of fused-ring (bicyclic) bond motifs is 2. The molecule has 4 unspecified atom stereocenters. The van der Waals surface area contributed by atoms with E-state index in [4.69, 9.17) is 0 Å². The van der Waals surface area contributed by atoms with Crippen LogP contribution in [0.1, 0.15) is 39.5 Å². The minimum atomic E-state index is 0.265. The predicted octanol–water partition coefficient (Wildman–Crippen LogP) is 3.76. The Morgan fingerprint density at radius 1 is 1.44 bits per heavy atom. The summed E-state index contributed by atoms with van der Waals surface area (Å²) in [5.41, 5.74) is 0.721. The molecule has 4 atom stereocenters. The molecule has 1 fully saturated rings. The van der Waals surface area contributed by atoms with E-state index in [9.17, 15) is 4.79 Å². The molecule has 2 aliphatic carbocycles. The molecule has 0 aromatic carbocycles. The minimum Gasteiger partial charge on any atom is -0.295 e. The highest BCUT2D eigenvalue weighted by molar-refractivity contribution is 5.94. The molecule has 0 radical (unpaired) electrons. The third kappa shape index (κ3) is 2.00. The van der Waals surface area contributed by atoms with Crippen molar-refractivity contribution in [1.82, 2.24) is 0 Å². The lowest BCUT2D eigenvalue weighted by Gasteiger charge is -2.19. The zero-order chi connectivity index (χ0) is 11.7. The van der Waals surface area contributed by atoms with E-state index in [1.807, 2.05) is 6.92 Å². The Hall–Kier alpha value is -0.850. The number of hydrogen-bond acceptors (Lipinski definition) is 1. The fourth-order valence-electron chi connectivity index (χ4n) is 3.48. The fraction of sp³-hybridized carbons (Fsp3) is 0.667. The molecule has 1 nitrogen and oxygen atoms in total. The highest BCUT2D eigenvalue weighted by Crippen LogP contribution is 2.51. The molecule has 0 aromatic rings. The van der Waals surface area contributed by atoms with Gasteiger partial charge in [0.1, 0.15) is 0 Å². The van der Waals surface area contributed by atoms with Gasteiger partial charge in [-0.15, -0.1) is 0 Å². The van der Waals surface area contributed by atoms with Crippen molar-refractivity contribution >= 4 is 5.78 Å². The lowest BCUT2D eigenvalue weighted by molar-refractivity contribution is -0.116. The van der Waals surface area contributed by atoms with Crippen LogP contribution in [0.25, 0.3) is 0 Å². The molecule has 0 aliphatic heterocycles. The van der Waals surface area contributed by atoms with Gasteiger partial charge in [-0.2, -0.15) is 0 Å². The molecule has 1 heteroatoms. The van der Waals surface area contributed by atoms with Gasteiger partial charge in [0.2, 0.25) is 0 Å². The maximum absolute atomic E-state index is 11.7. The monoisotopic (exact) mass is 218 g/mol. The van der Waals surface area contributed by atoms with Crippen molar-refractivity contribution < 1.29 is 4.79 Å². The summed E-state index contributed by atoms with van der Waals surface area (Å²) in [5, 5.41) is 0. The van der Waals surface area contributed by atoms with Gasteiger partial charge in [-0.25, -0.2) is 0 Å². The summed E-state index contributed by atoms with van der Waals surface area (Å²) < 4.78 is 0. The molecule has 0 amide bonds. The quantitative estimate of drug-likeness (QED) is 0.507. The first-order valence-corrected chi connectivity index (χ1v) is 6.50. The number of Topliss-reactive ketones (excluding diaryl/α,β-unsaturated/α-hetero) is 1. The molecule has 0 heterocycles. The average Bonchev–Trinajstić information content (AvgIpc) is 2.75. The Balaban J connectivity index is 1.97. The van der Waals surface area contributed by atoms with Crippen molar-refractivity contribution in [3.63, 3.8) is 0 Å². The summed E-state index contributed by atoms with van der Waals surface area (Å²) in [7, 11) is 0. The molecule has 0 saturated heterocycles. The summed E-state index contributed by atoms with van der Waals surface area (Å²) in [6.07, 6.45) is 9.28. The zero-order valence-electron chi connectivity index (χ0n) is 10.4. The number of ketones is 1. The first-order valence-electron chi connectivity index (χ1n) is 6.50. The van der Waals surface area contributed by atoms with Crippen LogP contribution in [0.15, 0.2) is 24.3 Å². The summed E-state index contributed by atoms with van der Waals surface area (Å²) in [5.74, 6) is 3.12. The van der Waals surface area contributed by atoms with E-state index in [2.05, 4.69) is 25.7 Å². The van der Waals surface area contributed by atoms with Gasteiger partial charge in [-0.1, -0.05) is 32.1 Å². The van der Waals surface area contributed by atoms with Gasteiger partial charge < -0.3 is 0 Å². The van der Waals surface area contributed by atoms with Crippen LogP contribution in [0, 0.1) is 23.7 Å². The Morgan fingerprint density at radius 3 is 2.81 bits per heavy atom. The second kappa shape index (κ2) is 4.57. The van der Waals surface area contributed by atoms with Gasteiger partial charge >= 0.3 is 0 Å². The predicted molar refractivity (Wildman–Crippen MR) is 67.1 cm³/mol. The van der Waals surface area contributed by atoms with Crippen LogP contribution in [0.5, 0.6) is 0 Å². The average molecular weight is 218 g/mol. The SMILES string of the molecule is C=C(C)C(=O)CC1CC2C=CC1C2CCC. The van der Waals surface area contributed by atoms with Crippen molar-refractivity contribution in [1.29, 1.82) is 0 Å². The standard InChI is InChI=1S/C15H22O/c1-4-5-13-11-6-7-14(13)12(8-11)9-15(16)10(2)3/h6-7,11-14H,2,4-5,8-9H2,1,3H3. The number of rotatable bonds is 5. The molecule has 16 heavy (non-hydrogen) atoms. The molecular weight excluding hydrogens is 196 g/mol. The second-order valence-corrected chi connectivity index (χ2v) is 5.48. The highest BCUT2D eigenvalue weighted by atomic mass is 16.1. The fourth-order valence-corrected chi connectivity index (χ4v) is 3.48. The molecule has 0 spiro atoms. The van der Waals surface area contributed by atoms with Crippen LogP contribution in [-0.2, 0) is 4.79 Å². The van der Waals surface area contributed by atoms with Gasteiger partial charge in [-0.3, -0.25) is 4.79 Å². The first kappa shape index (κ1) is 11.6. The molecule has 0 aromatic heterocycles. The Kier molecular flexibility index (Phi) is 3.32. The minimum absolute atomic E-state index is 0.265. The summed E-state index contributed by atoms with van der Waals surface area (Å²) in [6, 6.07) is 0. The number of allylic oxidation sites excluding steroid dienone is 3. The van der Waals surface area contributed by atoms with Crippen LogP contribution in [0.4, 0.5) is 0 Å². The maximum Gasteiger partial charge on any atom is 0.158 e. The smallest absolute Gasteiger partial charge is 0.158 e. The van der Waals surface area contributed by atoms with E-state index in [1.54, 1.807) is 0 Å².